The fourth-order valence-electron chi connectivity index (χ4n) is 1.59. The molecule has 0 unspecified atom stereocenters. The molecule has 0 saturated carbocycles. The van der Waals surface area contributed by atoms with Crippen LogP contribution in [0.3, 0.4) is 0 Å². The van der Waals surface area contributed by atoms with Crippen molar-refractivity contribution in [1.29, 1.82) is 0 Å². The maximum atomic E-state index is 11.7. The summed E-state index contributed by atoms with van der Waals surface area (Å²) >= 11 is 0. The molecule has 1 amide bonds. The van der Waals surface area contributed by atoms with Gasteiger partial charge in [-0.3, -0.25) is 4.79 Å². The first-order valence-corrected chi connectivity index (χ1v) is 6.86. The van der Waals surface area contributed by atoms with E-state index in [2.05, 4.69) is 10.6 Å². The standard InChI is InChI=1S/C15H24N2O3/c1-13-4-6-14(7-5-13)17-15(18)12-16-8-3-9-20-11-10-19-2/h4-7,16H,3,8-12H2,1-2H3,(H,17,18). The van der Waals surface area contributed by atoms with Crippen LogP contribution in [-0.4, -0.2) is 45.9 Å². The molecule has 0 spiro atoms. The van der Waals surface area contributed by atoms with Crippen molar-refractivity contribution >= 4 is 11.6 Å². The van der Waals surface area contributed by atoms with Gasteiger partial charge < -0.3 is 20.1 Å². The molecule has 2 N–H and O–H groups in total. The summed E-state index contributed by atoms with van der Waals surface area (Å²) in [6, 6.07) is 7.74. The fourth-order valence-corrected chi connectivity index (χ4v) is 1.59. The Hall–Kier alpha value is -1.43. The van der Waals surface area contributed by atoms with Gasteiger partial charge in [0.05, 0.1) is 19.8 Å². The van der Waals surface area contributed by atoms with Gasteiger partial charge in [0.15, 0.2) is 0 Å². The zero-order chi connectivity index (χ0) is 14.6. The minimum atomic E-state index is -0.0332. The first-order chi connectivity index (χ1) is 9.72. The van der Waals surface area contributed by atoms with E-state index in [0.717, 1.165) is 18.7 Å². The lowest BCUT2D eigenvalue weighted by Gasteiger charge is -2.07. The van der Waals surface area contributed by atoms with Crippen LogP contribution in [0.5, 0.6) is 0 Å². The Morgan fingerprint density at radius 3 is 2.60 bits per heavy atom. The lowest BCUT2D eigenvalue weighted by Crippen LogP contribution is -2.29. The minimum Gasteiger partial charge on any atom is -0.382 e. The average Bonchev–Trinajstić information content (AvgIpc) is 2.44. The molecule has 0 aromatic heterocycles. The summed E-state index contributed by atoms with van der Waals surface area (Å²) in [6.45, 7) is 4.99. The molecule has 0 aliphatic rings. The van der Waals surface area contributed by atoms with E-state index < -0.39 is 0 Å². The molecule has 5 heteroatoms. The van der Waals surface area contributed by atoms with Crippen LogP contribution in [0.4, 0.5) is 5.69 Å². The van der Waals surface area contributed by atoms with E-state index in [4.69, 9.17) is 9.47 Å². The zero-order valence-electron chi connectivity index (χ0n) is 12.3. The third-order valence-electron chi connectivity index (χ3n) is 2.69. The molecule has 0 aliphatic carbocycles. The molecule has 0 atom stereocenters. The molecular weight excluding hydrogens is 256 g/mol. The highest BCUT2D eigenvalue weighted by molar-refractivity contribution is 5.92. The second kappa shape index (κ2) is 10.4. The molecule has 1 aromatic carbocycles. The van der Waals surface area contributed by atoms with Gasteiger partial charge in [0.25, 0.3) is 0 Å². The maximum absolute atomic E-state index is 11.7. The van der Waals surface area contributed by atoms with E-state index in [1.165, 1.54) is 5.56 Å². The van der Waals surface area contributed by atoms with Gasteiger partial charge in [-0.2, -0.15) is 0 Å². The van der Waals surface area contributed by atoms with Gasteiger partial charge in [-0.05, 0) is 32.0 Å². The molecule has 1 rings (SSSR count). The van der Waals surface area contributed by atoms with Gasteiger partial charge in [-0.1, -0.05) is 17.7 Å². The number of hydrogen-bond acceptors (Lipinski definition) is 4. The monoisotopic (exact) mass is 280 g/mol. The summed E-state index contributed by atoms with van der Waals surface area (Å²) in [7, 11) is 1.65. The van der Waals surface area contributed by atoms with Crippen molar-refractivity contribution in [3.05, 3.63) is 29.8 Å². The van der Waals surface area contributed by atoms with Crippen LogP contribution < -0.4 is 10.6 Å². The van der Waals surface area contributed by atoms with E-state index in [0.29, 0.717) is 26.4 Å². The summed E-state index contributed by atoms with van der Waals surface area (Å²) < 4.78 is 10.2. The largest absolute Gasteiger partial charge is 0.382 e. The summed E-state index contributed by atoms with van der Waals surface area (Å²) in [4.78, 5) is 11.7. The maximum Gasteiger partial charge on any atom is 0.238 e. The number of anilines is 1. The summed E-state index contributed by atoms with van der Waals surface area (Å²) in [5.74, 6) is -0.0332. The third kappa shape index (κ3) is 7.89. The Kier molecular flexibility index (Phi) is 8.62. The van der Waals surface area contributed by atoms with Gasteiger partial charge in [0, 0.05) is 19.4 Å². The van der Waals surface area contributed by atoms with Crippen molar-refractivity contribution in [2.75, 3.05) is 45.3 Å². The van der Waals surface area contributed by atoms with E-state index in [-0.39, 0.29) is 5.91 Å². The lowest BCUT2D eigenvalue weighted by molar-refractivity contribution is -0.115. The van der Waals surface area contributed by atoms with E-state index in [1.54, 1.807) is 7.11 Å². The normalized spacial score (nSPS) is 10.5. The Morgan fingerprint density at radius 1 is 1.15 bits per heavy atom. The van der Waals surface area contributed by atoms with Crippen LogP contribution in [0.15, 0.2) is 24.3 Å². The van der Waals surface area contributed by atoms with Crippen molar-refractivity contribution in [3.8, 4) is 0 Å². The van der Waals surface area contributed by atoms with Gasteiger partial charge in [-0.15, -0.1) is 0 Å². The molecule has 20 heavy (non-hydrogen) atoms. The van der Waals surface area contributed by atoms with E-state index in [1.807, 2.05) is 31.2 Å². The Bertz CT molecular complexity index is 379. The van der Waals surface area contributed by atoms with Gasteiger partial charge >= 0.3 is 0 Å². The predicted octanol–water partition coefficient (Wildman–Crippen LogP) is 1.58. The smallest absolute Gasteiger partial charge is 0.238 e. The van der Waals surface area contributed by atoms with Crippen LogP contribution in [0.2, 0.25) is 0 Å². The molecule has 1 aromatic rings. The summed E-state index contributed by atoms with van der Waals surface area (Å²) in [6.07, 6.45) is 0.877. The number of rotatable bonds is 10. The van der Waals surface area contributed by atoms with Crippen LogP contribution in [0, 0.1) is 6.92 Å². The first-order valence-electron chi connectivity index (χ1n) is 6.86. The molecule has 0 fully saturated rings. The highest BCUT2D eigenvalue weighted by Gasteiger charge is 2.01. The Morgan fingerprint density at radius 2 is 1.90 bits per heavy atom. The first kappa shape index (κ1) is 16.6. The predicted molar refractivity (Wildman–Crippen MR) is 80.0 cm³/mol. The number of benzene rings is 1. The van der Waals surface area contributed by atoms with Crippen molar-refractivity contribution in [3.63, 3.8) is 0 Å². The number of amides is 1. The Labute approximate surface area is 120 Å². The van der Waals surface area contributed by atoms with Crippen LogP contribution in [-0.2, 0) is 14.3 Å². The van der Waals surface area contributed by atoms with E-state index >= 15 is 0 Å². The molecule has 0 heterocycles. The summed E-state index contributed by atoms with van der Waals surface area (Å²) in [5.41, 5.74) is 2.00. The van der Waals surface area contributed by atoms with Gasteiger partial charge in [-0.25, -0.2) is 0 Å². The van der Waals surface area contributed by atoms with Crippen molar-refractivity contribution in [2.24, 2.45) is 0 Å². The Balaban J connectivity index is 2.01. The highest BCUT2D eigenvalue weighted by Crippen LogP contribution is 2.07. The number of carbonyl (C=O) groups is 1. The van der Waals surface area contributed by atoms with Crippen molar-refractivity contribution in [2.45, 2.75) is 13.3 Å². The number of hydrogen-bond donors (Lipinski definition) is 2. The highest BCUT2D eigenvalue weighted by atomic mass is 16.5. The number of carbonyl (C=O) groups excluding carboxylic acids is 1. The average molecular weight is 280 g/mol. The number of nitrogens with one attached hydrogen (secondary N) is 2. The molecule has 0 radical (unpaired) electrons. The number of aryl methyl sites for hydroxylation is 1. The minimum absolute atomic E-state index is 0.0332. The molecule has 5 nitrogen and oxygen atoms in total. The third-order valence-corrected chi connectivity index (χ3v) is 2.69. The molecular formula is C15H24N2O3. The van der Waals surface area contributed by atoms with Crippen LogP contribution >= 0.6 is 0 Å². The number of ether oxygens (including phenoxy) is 2. The number of methoxy groups -OCH3 is 1. The molecule has 0 aliphatic heterocycles. The van der Waals surface area contributed by atoms with Crippen LogP contribution in [0.25, 0.3) is 0 Å². The summed E-state index contributed by atoms with van der Waals surface area (Å²) in [5, 5.41) is 5.92. The second-order valence-electron chi connectivity index (χ2n) is 4.55. The quantitative estimate of drug-likeness (QED) is 0.639. The van der Waals surface area contributed by atoms with E-state index in [9.17, 15) is 4.79 Å². The molecule has 0 saturated heterocycles. The molecule has 112 valence electrons. The van der Waals surface area contributed by atoms with Crippen molar-refractivity contribution < 1.29 is 14.3 Å². The topological polar surface area (TPSA) is 59.6 Å². The molecule has 0 bridgehead atoms. The SMILES string of the molecule is COCCOCCCNCC(=O)Nc1ccc(C)cc1. The zero-order valence-corrected chi connectivity index (χ0v) is 12.3. The van der Waals surface area contributed by atoms with Gasteiger partial charge in [0.1, 0.15) is 0 Å². The van der Waals surface area contributed by atoms with Crippen LogP contribution in [0.1, 0.15) is 12.0 Å². The lowest BCUT2D eigenvalue weighted by atomic mass is 10.2. The second-order valence-corrected chi connectivity index (χ2v) is 4.55. The fraction of sp³-hybridized carbons (Fsp3) is 0.533. The van der Waals surface area contributed by atoms with Gasteiger partial charge in [0.2, 0.25) is 5.91 Å². The van der Waals surface area contributed by atoms with Crippen molar-refractivity contribution in [1.82, 2.24) is 5.32 Å².